The van der Waals surface area contributed by atoms with Crippen LogP contribution in [-0.2, 0) is 4.79 Å². The fourth-order valence-electron chi connectivity index (χ4n) is 0.0873. The van der Waals surface area contributed by atoms with Crippen LogP contribution >= 0.6 is 0 Å². The lowest BCUT2D eigenvalue weighted by atomic mass is 10.3. The van der Waals surface area contributed by atoms with Crippen molar-refractivity contribution in [3.63, 3.8) is 0 Å². The van der Waals surface area contributed by atoms with Gasteiger partial charge in [0.2, 0.25) is 0 Å². The topological polar surface area (TPSA) is 61.1 Å². The molecule has 64 valence electrons. The van der Waals surface area contributed by atoms with Gasteiger partial charge in [-0.15, -0.1) is 0 Å². The van der Waals surface area contributed by atoms with Gasteiger partial charge in [0, 0.05) is 0 Å². The third kappa shape index (κ3) is 17.7. The maximum absolute atomic E-state index is 9.76. The first kappa shape index (κ1) is 16.3. The van der Waals surface area contributed by atoms with Gasteiger partial charge in [-0.25, -0.2) is 4.79 Å². The second-order valence-corrected chi connectivity index (χ2v) is 1.03. The van der Waals surface area contributed by atoms with Crippen molar-refractivity contribution in [2.45, 2.75) is 13.8 Å². The fraction of sp³-hybridized carbons (Fsp3) is 0.250. The Hall–Kier alpha value is -1.38. The molecule has 0 heterocycles. The van der Waals surface area contributed by atoms with Crippen molar-refractivity contribution in [3.05, 3.63) is 24.8 Å². The van der Waals surface area contributed by atoms with Gasteiger partial charge in [-0.2, -0.15) is 0 Å². The molecular weight excluding hydrogens is 142 g/mol. The van der Waals surface area contributed by atoms with E-state index in [1.165, 1.54) is 6.08 Å². The van der Waals surface area contributed by atoms with Crippen LogP contribution in [-0.4, -0.2) is 17.8 Å². The van der Waals surface area contributed by atoms with E-state index in [9.17, 15) is 4.79 Å². The Kier molecular flexibility index (Phi) is 23.5. The Balaban J connectivity index is -0.000000138. The molecule has 0 rings (SSSR count). The van der Waals surface area contributed by atoms with Crippen LogP contribution in [0.3, 0.4) is 0 Å². The van der Waals surface area contributed by atoms with Gasteiger partial charge in [0.1, 0.15) is 0 Å². The highest BCUT2D eigenvalue weighted by Crippen LogP contribution is 1.86. The first-order valence-electron chi connectivity index (χ1n) is 3.08. The molecule has 0 aliphatic rings. The Morgan fingerprint density at radius 2 is 1.73 bits per heavy atom. The largest absolute Gasteiger partial charge is 0.478 e. The standard InChI is InChI=1S/C5H6O2.C2H6.CH3N/c1-3-4(2)5(6)7;2*1-2/h3H,1-2H2,(H,6,7);1-2H3;2H,1H2. The summed E-state index contributed by atoms with van der Waals surface area (Å²) < 4.78 is 0. The highest BCUT2D eigenvalue weighted by Gasteiger charge is 1.93. The molecule has 0 aromatic rings. The minimum absolute atomic E-state index is 0.0278. The van der Waals surface area contributed by atoms with Crippen LogP contribution in [0.4, 0.5) is 0 Å². The van der Waals surface area contributed by atoms with Crippen molar-refractivity contribution < 1.29 is 9.90 Å². The molecule has 2 N–H and O–H groups in total. The van der Waals surface area contributed by atoms with Crippen molar-refractivity contribution in [1.29, 1.82) is 5.41 Å². The number of carbonyl (C=O) groups is 1. The number of rotatable bonds is 2. The average molecular weight is 157 g/mol. The number of carboxylic acids is 1. The van der Waals surface area contributed by atoms with Gasteiger partial charge in [-0.3, -0.25) is 0 Å². The van der Waals surface area contributed by atoms with Crippen molar-refractivity contribution in [2.24, 2.45) is 0 Å². The van der Waals surface area contributed by atoms with E-state index < -0.39 is 5.97 Å². The van der Waals surface area contributed by atoms with Crippen molar-refractivity contribution in [3.8, 4) is 0 Å². The molecule has 0 spiro atoms. The summed E-state index contributed by atoms with van der Waals surface area (Å²) in [7, 11) is 0. The number of nitrogens with one attached hydrogen (secondary N) is 1. The number of aliphatic carboxylic acids is 1. The van der Waals surface area contributed by atoms with E-state index in [0.717, 1.165) is 0 Å². The normalized spacial score (nSPS) is 5.64. The van der Waals surface area contributed by atoms with Crippen LogP contribution in [0.2, 0.25) is 0 Å². The van der Waals surface area contributed by atoms with Gasteiger partial charge < -0.3 is 10.5 Å². The summed E-state index contributed by atoms with van der Waals surface area (Å²) in [5.41, 5.74) is 0.0278. The van der Waals surface area contributed by atoms with Crippen molar-refractivity contribution in [1.82, 2.24) is 0 Å². The monoisotopic (exact) mass is 157 g/mol. The van der Waals surface area contributed by atoms with E-state index in [4.69, 9.17) is 10.5 Å². The van der Waals surface area contributed by atoms with E-state index in [0.29, 0.717) is 0 Å². The summed E-state index contributed by atoms with van der Waals surface area (Å²) in [6.07, 6.45) is 1.20. The Bertz CT molecular complexity index is 130. The van der Waals surface area contributed by atoms with E-state index in [2.05, 4.69) is 19.9 Å². The van der Waals surface area contributed by atoms with Gasteiger partial charge in [0.05, 0.1) is 5.57 Å². The molecule has 0 aliphatic carbocycles. The Labute approximate surface area is 67.6 Å². The summed E-state index contributed by atoms with van der Waals surface area (Å²) in [5, 5.41) is 13.5. The minimum atomic E-state index is -1.02. The predicted molar refractivity (Wildman–Crippen MR) is 48.2 cm³/mol. The Morgan fingerprint density at radius 1 is 1.45 bits per heavy atom. The zero-order valence-corrected chi connectivity index (χ0v) is 7.05. The zero-order chi connectivity index (χ0) is 9.86. The van der Waals surface area contributed by atoms with Gasteiger partial charge in [0.25, 0.3) is 0 Å². The van der Waals surface area contributed by atoms with Crippen LogP contribution in [0.25, 0.3) is 0 Å². The molecule has 0 fully saturated rings. The molecule has 0 aromatic heterocycles. The third-order valence-corrected chi connectivity index (χ3v) is 0.521. The van der Waals surface area contributed by atoms with Crippen LogP contribution in [0.5, 0.6) is 0 Å². The first-order chi connectivity index (χ1) is 5.18. The van der Waals surface area contributed by atoms with Gasteiger partial charge in [0.15, 0.2) is 0 Å². The number of hydrogen-bond donors (Lipinski definition) is 2. The molecule has 3 nitrogen and oxygen atoms in total. The molecule has 0 amide bonds. The maximum atomic E-state index is 9.76. The second kappa shape index (κ2) is 15.8. The summed E-state index contributed by atoms with van der Waals surface area (Å²) in [6.45, 7) is 12.9. The summed E-state index contributed by atoms with van der Waals surface area (Å²) in [6, 6.07) is 0. The smallest absolute Gasteiger partial charge is 0.335 e. The van der Waals surface area contributed by atoms with E-state index in [1.807, 2.05) is 13.8 Å². The molecule has 0 aromatic carbocycles. The molecule has 11 heavy (non-hydrogen) atoms. The lowest BCUT2D eigenvalue weighted by Crippen LogP contribution is -1.93. The quantitative estimate of drug-likeness (QED) is 0.366. The summed E-state index contributed by atoms with van der Waals surface area (Å²) in [4.78, 5) is 9.76. The minimum Gasteiger partial charge on any atom is -0.478 e. The van der Waals surface area contributed by atoms with Crippen LogP contribution in [0, 0.1) is 5.41 Å². The maximum Gasteiger partial charge on any atom is 0.335 e. The third-order valence-electron chi connectivity index (χ3n) is 0.521. The highest BCUT2D eigenvalue weighted by molar-refractivity contribution is 5.88. The van der Waals surface area contributed by atoms with Gasteiger partial charge in [-0.1, -0.05) is 33.1 Å². The van der Waals surface area contributed by atoms with Crippen LogP contribution in [0.15, 0.2) is 24.8 Å². The van der Waals surface area contributed by atoms with E-state index in [1.54, 1.807) is 0 Å². The van der Waals surface area contributed by atoms with Crippen LogP contribution in [0.1, 0.15) is 13.8 Å². The molecule has 0 radical (unpaired) electrons. The molecule has 0 saturated heterocycles. The molecule has 0 atom stereocenters. The lowest BCUT2D eigenvalue weighted by Gasteiger charge is -1.82. The number of hydrogen-bond acceptors (Lipinski definition) is 2. The molecule has 0 bridgehead atoms. The second-order valence-electron chi connectivity index (χ2n) is 1.03. The molecular formula is C8H15NO2. The van der Waals surface area contributed by atoms with Crippen molar-refractivity contribution in [2.75, 3.05) is 0 Å². The SMILES string of the molecule is C=CC(=C)C(=O)O.C=N.CC. The number of carboxylic acid groups (broad SMARTS) is 1. The molecule has 0 unspecified atom stereocenters. The molecule has 3 heteroatoms. The fourth-order valence-corrected chi connectivity index (χ4v) is 0.0873. The predicted octanol–water partition coefficient (Wildman–Crippen LogP) is 2.11. The zero-order valence-electron chi connectivity index (χ0n) is 7.05. The first-order valence-corrected chi connectivity index (χ1v) is 3.08. The average Bonchev–Trinajstić information content (AvgIpc) is 2.10. The van der Waals surface area contributed by atoms with Crippen LogP contribution < -0.4 is 0 Å². The summed E-state index contributed by atoms with van der Waals surface area (Å²) >= 11 is 0. The van der Waals surface area contributed by atoms with Crippen molar-refractivity contribution >= 4 is 12.7 Å². The Morgan fingerprint density at radius 3 is 1.73 bits per heavy atom. The molecule has 0 saturated carbocycles. The van der Waals surface area contributed by atoms with Gasteiger partial charge in [-0.05, 0) is 6.72 Å². The van der Waals surface area contributed by atoms with E-state index >= 15 is 0 Å². The highest BCUT2D eigenvalue weighted by atomic mass is 16.4. The molecule has 0 aliphatic heterocycles. The van der Waals surface area contributed by atoms with Gasteiger partial charge >= 0.3 is 5.97 Å². The lowest BCUT2D eigenvalue weighted by molar-refractivity contribution is -0.132. The summed E-state index contributed by atoms with van der Waals surface area (Å²) in [5.74, 6) is -1.02. The van der Waals surface area contributed by atoms with E-state index in [-0.39, 0.29) is 5.57 Å².